The number of carbonyl (C=O) groups is 1. The lowest BCUT2D eigenvalue weighted by Crippen LogP contribution is -2.07. The third-order valence-corrected chi connectivity index (χ3v) is 3.86. The van der Waals surface area contributed by atoms with Gasteiger partial charge in [0.2, 0.25) is 5.91 Å². The maximum absolute atomic E-state index is 11.0. The van der Waals surface area contributed by atoms with E-state index < -0.39 is 0 Å². The third kappa shape index (κ3) is 3.32. The molecule has 0 fully saturated rings. The predicted molar refractivity (Wildman–Crippen MR) is 78.6 cm³/mol. The fourth-order valence-corrected chi connectivity index (χ4v) is 2.79. The number of anilines is 1. The molecule has 0 atom stereocenters. The van der Waals surface area contributed by atoms with Crippen molar-refractivity contribution in [2.24, 2.45) is 0 Å². The van der Waals surface area contributed by atoms with E-state index in [-0.39, 0.29) is 5.91 Å². The van der Waals surface area contributed by atoms with Crippen molar-refractivity contribution in [3.63, 3.8) is 0 Å². The number of hydrogen-bond donors (Lipinski definition) is 2. The number of aromatic amines is 1. The van der Waals surface area contributed by atoms with Crippen LogP contribution in [0.2, 0.25) is 5.02 Å². The molecule has 0 bridgehead atoms. The van der Waals surface area contributed by atoms with Gasteiger partial charge in [0, 0.05) is 17.7 Å². The number of benzene rings is 1. The zero-order valence-electron chi connectivity index (χ0n) is 10.6. The Morgan fingerprint density at radius 2 is 2.30 bits per heavy atom. The highest BCUT2D eigenvalue weighted by Crippen LogP contribution is 2.30. The first-order valence-electron chi connectivity index (χ1n) is 5.74. The lowest BCUT2D eigenvalue weighted by Gasteiger charge is -2.02. The Kier molecular flexibility index (Phi) is 4.66. The molecular formula is C13H11ClN4OS. The van der Waals surface area contributed by atoms with Gasteiger partial charge in [0.05, 0.1) is 0 Å². The number of carbonyl (C=O) groups excluding carboxylic acids is 1. The molecule has 0 radical (unpaired) electrons. The number of rotatable bonds is 4. The average Bonchev–Trinajstić information content (AvgIpc) is 2.79. The number of halogens is 1. The molecule has 0 aliphatic carbocycles. The number of hydrogen-bond acceptors (Lipinski definition) is 4. The minimum absolute atomic E-state index is 0.257. The normalized spacial score (nSPS) is 10.1. The smallest absolute Gasteiger partial charge is 0.222 e. The standard InChI is InChI=1S/C13H11ClN4OS/c1-8(19)16-12-10(6-15)13(18-17-12)20-7-9-4-2-3-5-11(9)14/h2-5H,7H2,1H3,(H2,16,17,18,19). The molecule has 1 aromatic carbocycles. The van der Waals surface area contributed by atoms with Gasteiger partial charge in [-0.3, -0.25) is 9.89 Å². The van der Waals surface area contributed by atoms with Gasteiger partial charge in [-0.2, -0.15) is 10.4 Å². The highest BCUT2D eigenvalue weighted by Gasteiger charge is 2.14. The van der Waals surface area contributed by atoms with E-state index in [0.29, 0.717) is 27.2 Å². The Hall–Kier alpha value is -1.97. The van der Waals surface area contributed by atoms with E-state index in [1.54, 1.807) is 0 Å². The van der Waals surface area contributed by atoms with Gasteiger partial charge in [-0.05, 0) is 11.6 Å². The second kappa shape index (κ2) is 6.46. The van der Waals surface area contributed by atoms with Crippen molar-refractivity contribution in [2.45, 2.75) is 17.7 Å². The van der Waals surface area contributed by atoms with E-state index in [1.165, 1.54) is 18.7 Å². The first kappa shape index (κ1) is 14.4. The summed E-state index contributed by atoms with van der Waals surface area (Å²) in [4.78, 5) is 11.0. The highest BCUT2D eigenvalue weighted by molar-refractivity contribution is 7.98. The molecule has 0 saturated heterocycles. The molecule has 7 heteroatoms. The Morgan fingerprint density at radius 3 is 2.95 bits per heavy atom. The second-order valence-electron chi connectivity index (χ2n) is 3.95. The second-order valence-corrected chi connectivity index (χ2v) is 5.32. The number of aromatic nitrogens is 2. The topological polar surface area (TPSA) is 81.6 Å². The summed E-state index contributed by atoms with van der Waals surface area (Å²) in [6, 6.07) is 9.54. The predicted octanol–water partition coefficient (Wildman–Crippen LogP) is 3.19. The van der Waals surface area contributed by atoms with Crippen LogP contribution in [0.4, 0.5) is 5.82 Å². The number of nitrogens with one attached hydrogen (secondary N) is 2. The summed E-state index contributed by atoms with van der Waals surface area (Å²) < 4.78 is 0. The Balaban J connectivity index is 2.15. The van der Waals surface area contributed by atoms with Crippen LogP contribution in [0, 0.1) is 11.3 Å². The van der Waals surface area contributed by atoms with E-state index in [2.05, 4.69) is 15.5 Å². The van der Waals surface area contributed by atoms with Gasteiger partial charge in [-0.1, -0.05) is 41.6 Å². The van der Waals surface area contributed by atoms with Gasteiger partial charge in [0.15, 0.2) is 0 Å². The van der Waals surface area contributed by atoms with Crippen molar-refractivity contribution in [1.82, 2.24) is 10.2 Å². The third-order valence-electron chi connectivity index (χ3n) is 2.47. The minimum atomic E-state index is -0.257. The number of thioether (sulfide) groups is 1. The molecule has 2 N–H and O–H groups in total. The first-order valence-corrected chi connectivity index (χ1v) is 7.10. The maximum atomic E-state index is 11.0. The summed E-state index contributed by atoms with van der Waals surface area (Å²) in [6.07, 6.45) is 0. The number of nitriles is 1. The fourth-order valence-electron chi connectivity index (χ4n) is 1.56. The zero-order chi connectivity index (χ0) is 14.5. The van der Waals surface area contributed by atoms with E-state index in [1.807, 2.05) is 30.3 Å². The zero-order valence-corrected chi connectivity index (χ0v) is 12.2. The SMILES string of the molecule is CC(=O)Nc1[nH]nc(SCc2ccccc2Cl)c1C#N. The largest absolute Gasteiger partial charge is 0.310 e. The van der Waals surface area contributed by atoms with Crippen molar-refractivity contribution in [2.75, 3.05) is 5.32 Å². The van der Waals surface area contributed by atoms with Gasteiger partial charge in [-0.15, -0.1) is 0 Å². The van der Waals surface area contributed by atoms with Crippen LogP contribution in [0.5, 0.6) is 0 Å². The molecule has 20 heavy (non-hydrogen) atoms. The van der Waals surface area contributed by atoms with E-state index in [0.717, 1.165) is 5.56 Å². The van der Waals surface area contributed by atoms with Crippen molar-refractivity contribution >= 4 is 35.1 Å². The van der Waals surface area contributed by atoms with Gasteiger partial charge >= 0.3 is 0 Å². The monoisotopic (exact) mass is 306 g/mol. The molecule has 0 aliphatic heterocycles. The van der Waals surface area contributed by atoms with Crippen LogP contribution < -0.4 is 5.32 Å². The summed E-state index contributed by atoms with van der Waals surface area (Å²) >= 11 is 7.46. The van der Waals surface area contributed by atoms with Gasteiger partial charge in [0.1, 0.15) is 22.5 Å². The molecular weight excluding hydrogens is 296 g/mol. The number of H-pyrrole nitrogens is 1. The lowest BCUT2D eigenvalue weighted by molar-refractivity contribution is -0.114. The van der Waals surface area contributed by atoms with Crippen LogP contribution >= 0.6 is 23.4 Å². The van der Waals surface area contributed by atoms with Crippen LogP contribution in [0.1, 0.15) is 18.1 Å². The number of nitrogens with zero attached hydrogens (tertiary/aromatic N) is 2. The molecule has 0 unspecified atom stereocenters. The molecule has 0 aliphatic rings. The molecule has 2 aromatic rings. The molecule has 102 valence electrons. The van der Waals surface area contributed by atoms with Crippen molar-refractivity contribution in [3.8, 4) is 6.07 Å². The van der Waals surface area contributed by atoms with Crippen LogP contribution in [0.3, 0.4) is 0 Å². The molecule has 1 amide bonds. The van der Waals surface area contributed by atoms with Gasteiger partial charge in [0.25, 0.3) is 0 Å². The van der Waals surface area contributed by atoms with Crippen molar-refractivity contribution < 1.29 is 4.79 Å². The van der Waals surface area contributed by atoms with E-state index >= 15 is 0 Å². The highest BCUT2D eigenvalue weighted by atomic mass is 35.5. The van der Waals surface area contributed by atoms with Crippen LogP contribution in [0.25, 0.3) is 0 Å². The molecule has 0 saturated carbocycles. The van der Waals surface area contributed by atoms with Crippen molar-refractivity contribution in [3.05, 3.63) is 40.4 Å². The van der Waals surface area contributed by atoms with Crippen molar-refractivity contribution in [1.29, 1.82) is 5.26 Å². The summed E-state index contributed by atoms with van der Waals surface area (Å²) in [7, 11) is 0. The number of amides is 1. The van der Waals surface area contributed by atoms with Gasteiger partial charge in [-0.25, -0.2) is 0 Å². The molecule has 1 aromatic heterocycles. The maximum Gasteiger partial charge on any atom is 0.222 e. The minimum Gasteiger partial charge on any atom is -0.310 e. The average molecular weight is 307 g/mol. The molecule has 5 nitrogen and oxygen atoms in total. The van der Waals surface area contributed by atoms with E-state index in [4.69, 9.17) is 16.9 Å². The summed E-state index contributed by atoms with van der Waals surface area (Å²) in [6.45, 7) is 1.37. The summed E-state index contributed by atoms with van der Waals surface area (Å²) in [5.41, 5.74) is 1.30. The first-order chi connectivity index (χ1) is 9.61. The molecule has 2 rings (SSSR count). The Bertz CT molecular complexity index is 677. The molecule has 0 spiro atoms. The summed E-state index contributed by atoms with van der Waals surface area (Å²) in [5.74, 6) is 0.660. The van der Waals surface area contributed by atoms with Crippen LogP contribution in [-0.4, -0.2) is 16.1 Å². The van der Waals surface area contributed by atoms with Crippen LogP contribution in [-0.2, 0) is 10.5 Å². The quantitative estimate of drug-likeness (QED) is 0.850. The van der Waals surface area contributed by atoms with E-state index in [9.17, 15) is 4.79 Å². The summed E-state index contributed by atoms with van der Waals surface area (Å²) in [5, 5.41) is 19.6. The fraction of sp³-hybridized carbons (Fsp3) is 0.154. The van der Waals surface area contributed by atoms with Gasteiger partial charge < -0.3 is 5.32 Å². The lowest BCUT2D eigenvalue weighted by atomic mass is 10.2. The Labute approximate surface area is 125 Å². The van der Waals surface area contributed by atoms with Crippen LogP contribution in [0.15, 0.2) is 29.3 Å². The Morgan fingerprint density at radius 1 is 1.55 bits per heavy atom. The molecule has 1 heterocycles.